The number of nitrogens with zero attached hydrogens (tertiary/aromatic N) is 2. The average molecular weight is 247 g/mol. The second-order valence-electron chi connectivity index (χ2n) is 4.58. The zero-order valence-electron chi connectivity index (χ0n) is 11.1. The topological polar surface area (TPSA) is 50.1 Å². The number of hydrogen-bond donors (Lipinski definition) is 2. The quantitative estimate of drug-likeness (QED) is 0.820. The number of hydrogen-bond acceptors (Lipinski definition) is 3. The van der Waals surface area contributed by atoms with Crippen LogP contribution in [0.15, 0.2) is 24.3 Å². The van der Waals surface area contributed by atoms with Crippen molar-refractivity contribution in [1.82, 2.24) is 14.9 Å². The van der Waals surface area contributed by atoms with Crippen molar-refractivity contribution in [2.24, 2.45) is 0 Å². The van der Waals surface area contributed by atoms with Crippen LogP contribution in [0.3, 0.4) is 0 Å². The van der Waals surface area contributed by atoms with Crippen LogP contribution in [0.2, 0.25) is 0 Å². The molecule has 2 aromatic rings. The van der Waals surface area contributed by atoms with Crippen molar-refractivity contribution >= 4 is 11.0 Å². The molecule has 0 amide bonds. The first-order valence-electron chi connectivity index (χ1n) is 6.54. The Hall–Kier alpha value is -1.39. The number of aromatic nitrogens is 2. The lowest BCUT2D eigenvalue weighted by Crippen LogP contribution is -2.26. The summed E-state index contributed by atoms with van der Waals surface area (Å²) in [6.07, 6.45) is 1.10. The van der Waals surface area contributed by atoms with Crippen LogP contribution in [-0.4, -0.2) is 27.3 Å². The highest BCUT2D eigenvalue weighted by Crippen LogP contribution is 2.15. The number of para-hydroxylation sites is 2. The minimum atomic E-state index is 0.136. The van der Waals surface area contributed by atoms with E-state index in [-0.39, 0.29) is 6.61 Å². The molecule has 0 saturated carbocycles. The largest absolute Gasteiger partial charge is 0.395 e. The van der Waals surface area contributed by atoms with E-state index in [2.05, 4.69) is 28.7 Å². The lowest BCUT2D eigenvalue weighted by Gasteiger charge is -2.12. The maximum atomic E-state index is 9.18. The highest BCUT2D eigenvalue weighted by Gasteiger charge is 2.10. The number of rotatable bonds is 6. The van der Waals surface area contributed by atoms with Gasteiger partial charge in [0.05, 0.1) is 24.2 Å². The third-order valence-electron chi connectivity index (χ3n) is 3.28. The summed E-state index contributed by atoms with van der Waals surface area (Å²) in [5, 5.41) is 12.6. The number of aliphatic hydroxyl groups is 1. The number of nitrogens with one attached hydrogen (secondary N) is 1. The van der Waals surface area contributed by atoms with E-state index in [1.807, 2.05) is 24.3 Å². The summed E-state index contributed by atoms with van der Waals surface area (Å²) in [4.78, 5) is 4.63. The van der Waals surface area contributed by atoms with Crippen molar-refractivity contribution in [3.8, 4) is 0 Å². The van der Waals surface area contributed by atoms with Gasteiger partial charge in [0.1, 0.15) is 5.82 Å². The highest BCUT2D eigenvalue weighted by molar-refractivity contribution is 5.75. The smallest absolute Gasteiger partial charge is 0.123 e. The van der Waals surface area contributed by atoms with E-state index in [0.717, 1.165) is 29.8 Å². The number of aliphatic hydroxyl groups excluding tert-OH is 1. The molecule has 0 saturated heterocycles. The molecule has 4 nitrogen and oxygen atoms in total. The number of imidazole rings is 1. The van der Waals surface area contributed by atoms with E-state index in [9.17, 15) is 5.11 Å². The van der Waals surface area contributed by atoms with Crippen LogP contribution >= 0.6 is 0 Å². The fraction of sp³-hybridized carbons (Fsp3) is 0.500. The molecule has 2 N–H and O–H groups in total. The Kier molecular flexibility index (Phi) is 4.33. The Morgan fingerprint density at radius 3 is 2.89 bits per heavy atom. The number of fused-ring (bicyclic) bond motifs is 1. The fourth-order valence-corrected chi connectivity index (χ4v) is 2.02. The van der Waals surface area contributed by atoms with Gasteiger partial charge in [-0.3, -0.25) is 0 Å². The van der Waals surface area contributed by atoms with Crippen molar-refractivity contribution in [2.45, 2.75) is 39.4 Å². The summed E-state index contributed by atoms with van der Waals surface area (Å²) in [6, 6.07) is 8.53. The molecule has 0 bridgehead atoms. The molecule has 0 aliphatic heterocycles. The van der Waals surface area contributed by atoms with E-state index in [4.69, 9.17) is 0 Å². The average Bonchev–Trinajstić information content (AvgIpc) is 2.75. The van der Waals surface area contributed by atoms with Gasteiger partial charge in [0.25, 0.3) is 0 Å². The standard InChI is InChI=1S/C14H21N3O/c1-3-11(2)15-10-14-16-12-6-4-5-7-13(12)17(14)8-9-18/h4-7,11,15,18H,3,8-10H2,1-2H3. The first-order valence-corrected chi connectivity index (χ1v) is 6.54. The maximum Gasteiger partial charge on any atom is 0.123 e. The minimum absolute atomic E-state index is 0.136. The summed E-state index contributed by atoms with van der Waals surface area (Å²) < 4.78 is 2.09. The molecular formula is C14H21N3O. The Labute approximate surface area is 108 Å². The van der Waals surface area contributed by atoms with E-state index in [0.29, 0.717) is 12.6 Å². The van der Waals surface area contributed by atoms with Gasteiger partial charge in [0.15, 0.2) is 0 Å². The van der Waals surface area contributed by atoms with E-state index in [1.54, 1.807) is 0 Å². The van der Waals surface area contributed by atoms with Crippen molar-refractivity contribution in [1.29, 1.82) is 0 Å². The van der Waals surface area contributed by atoms with E-state index in [1.165, 1.54) is 0 Å². The van der Waals surface area contributed by atoms with Crippen LogP contribution in [0, 0.1) is 0 Å². The summed E-state index contributed by atoms with van der Waals surface area (Å²) in [7, 11) is 0. The molecule has 2 rings (SSSR count). The normalized spacial score (nSPS) is 13.1. The number of benzene rings is 1. The zero-order valence-corrected chi connectivity index (χ0v) is 11.1. The van der Waals surface area contributed by atoms with Crippen LogP contribution in [0.5, 0.6) is 0 Å². The Morgan fingerprint density at radius 2 is 2.17 bits per heavy atom. The van der Waals surface area contributed by atoms with Gasteiger partial charge in [0, 0.05) is 12.6 Å². The predicted molar refractivity (Wildman–Crippen MR) is 73.4 cm³/mol. The summed E-state index contributed by atoms with van der Waals surface area (Å²) in [5.74, 6) is 0.991. The second-order valence-corrected chi connectivity index (χ2v) is 4.58. The third kappa shape index (κ3) is 2.71. The molecule has 0 fully saturated rings. The van der Waals surface area contributed by atoms with Crippen molar-refractivity contribution in [3.63, 3.8) is 0 Å². The molecule has 18 heavy (non-hydrogen) atoms. The molecule has 1 heterocycles. The monoisotopic (exact) mass is 247 g/mol. The highest BCUT2D eigenvalue weighted by atomic mass is 16.3. The first-order chi connectivity index (χ1) is 8.76. The van der Waals surface area contributed by atoms with Gasteiger partial charge in [-0.15, -0.1) is 0 Å². The predicted octanol–water partition coefficient (Wildman–Crippen LogP) is 1.92. The summed E-state index contributed by atoms with van der Waals surface area (Å²) in [6.45, 7) is 5.80. The summed E-state index contributed by atoms with van der Waals surface area (Å²) in [5.41, 5.74) is 2.08. The molecule has 0 radical (unpaired) electrons. The minimum Gasteiger partial charge on any atom is -0.395 e. The Morgan fingerprint density at radius 1 is 1.39 bits per heavy atom. The van der Waals surface area contributed by atoms with Crippen LogP contribution in [0.25, 0.3) is 11.0 Å². The molecule has 1 unspecified atom stereocenters. The van der Waals surface area contributed by atoms with Crippen LogP contribution in [0.1, 0.15) is 26.1 Å². The second kappa shape index (κ2) is 5.98. The molecule has 0 aliphatic rings. The van der Waals surface area contributed by atoms with Crippen molar-refractivity contribution in [2.75, 3.05) is 6.61 Å². The van der Waals surface area contributed by atoms with E-state index < -0.39 is 0 Å². The van der Waals surface area contributed by atoms with Crippen LogP contribution in [-0.2, 0) is 13.1 Å². The first kappa shape index (κ1) is 13.1. The van der Waals surface area contributed by atoms with Crippen LogP contribution < -0.4 is 5.32 Å². The molecular weight excluding hydrogens is 226 g/mol. The molecule has 1 aromatic heterocycles. The van der Waals surface area contributed by atoms with Gasteiger partial charge in [-0.25, -0.2) is 4.98 Å². The van der Waals surface area contributed by atoms with Crippen molar-refractivity contribution < 1.29 is 5.11 Å². The van der Waals surface area contributed by atoms with Gasteiger partial charge in [-0.1, -0.05) is 19.1 Å². The fourth-order valence-electron chi connectivity index (χ4n) is 2.02. The SMILES string of the molecule is CCC(C)NCc1nc2ccccc2n1CCO. The molecule has 0 aliphatic carbocycles. The Bertz CT molecular complexity index is 507. The molecule has 1 aromatic carbocycles. The molecule has 98 valence electrons. The zero-order chi connectivity index (χ0) is 13.0. The van der Waals surface area contributed by atoms with Gasteiger partial charge in [-0.05, 0) is 25.5 Å². The lowest BCUT2D eigenvalue weighted by atomic mass is 10.2. The lowest BCUT2D eigenvalue weighted by molar-refractivity contribution is 0.275. The van der Waals surface area contributed by atoms with Crippen LogP contribution in [0.4, 0.5) is 0 Å². The summed E-state index contributed by atoms with van der Waals surface area (Å²) >= 11 is 0. The maximum absolute atomic E-state index is 9.18. The van der Waals surface area contributed by atoms with Gasteiger partial charge >= 0.3 is 0 Å². The molecule has 1 atom stereocenters. The van der Waals surface area contributed by atoms with E-state index >= 15 is 0 Å². The molecule has 4 heteroatoms. The molecule has 0 spiro atoms. The third-order valence-corrected chi connectivity index (χ3v) is 3.28. The van der Waals surface area contributed by atoms with Gasteiger partial charge < -0.3 is 15.0 Å². The van der Waals surface area contributed by atoms with Crippen molar-refractivity contribution in [3.05, 3.63) is 30.1 Å². The Balaban J connectivity index is 2.27. The van der Waals surface area contributed by atoms with Gasteiger partial charge in [0.2, 0.25) is 0 Å². The van der Waals surface area contributed by atoms with Gasteiger partial charge in [-0.2, -0.15) is 0 Å².